The number of aromatic nitrogens is 2. The quantitative estimate of drug-likeness (QED) is 0.0568. The second-order valence-electron chi connectivity index (χ2n) is 11.2. The van der Waals surface area contributed by atoms with E-state index in [4.69, 9.17) is 9.47 Å². The zero-order valence-corrected chi connectivity index (χ0v) is 26.8. The molecule has 236 valence electrons. The van der Waals surface area contributed by atoms with Gasteiger partial charge >= 0.3 is 5.91 Å². The van der Waals surface area contributed by atoms with Crippen LogP contribution in [0.25, 0.3) is 5.76 Å². The van der Waals surface area contributed by atoms with Crippen LogP contribution in [0.15, 0.2) is 107 Å². The van der Waals surface area contributed by atoms with Crippen LogP contribution in [0.2, 0.25) is 0 Å². The van der Waals surface area contributed by atoms with Gasteiger partial charge < -0.3 is 14.6 Å². The molecule has 4 aromatic carbocycles. The van der Waals surface area contributed by atoms with Crippen molar-refractivity contribution >= 4 is 45.7 Å². The van der Waals surface area contributed by atoms with Gasteiger partial charge in [0.2, 0.25) is 5.13 Å². The number of nitrogens with zero attached hydrogens (tertiary/aromatic N) is 3. The number of carbonyl (C=O) groups is 2. The van der Waals surface area contributed by atoms with Crippen molar-refractivity contribution < 1.29 is 28.6 Å². The fourth-order valence-corrected chi connectivity index (χ4v) is 7.49. The largest absolute Gasteiger partial charge is 0.507 e. The average molecular weight is 666 g/mol. The minimum Gasteiger partial charge on any atom is -0.507 e. The molecule has 1 saturated heterocycles. The highest BCUT2D eigenvalue weighted by Crippen LogP contribution is 2.45. The molecule has 0 radical (unpaired) electrons. The van der Waals surface area contributed by atoms with Gasteiger partial charge in [0.1, 0.15) is 35.8 Å². The number of fused-ring (bicyclic) bond motifs is 1. The Morgan fingerprint density at radius 3 is 2.62 bits per heavy atom. The van der Waals surface area contributed by atoms with Crippen LogP contribution < -0.4 is 14.4 Å². The Balaban J connectivity index is 1.25. The van der Waals surface area contributed by atoms with Crippen LogP contribution in [0.3, 0.4) is 0 Å². The Hall–Kier alpha value is -5.00. The first-order chi connectivity index (χ1) is 22.8. The topological polar surface area (TPSA) is 102 Å². The van der Waals surface area contributed by atoms with Gasteiger partial charge in [0.25, 0.3) is 5.78 Å². The van der Waals surface area contributed by atoms with Crippen molar-refractivity contribution in [3.05, 3.63) is 136 Å². The van der Waals surface area contributed by atoms with Gasteiger partial charge in [0.15, 0.2) is 4.34 Å². The summed E-state index contributed by atoms with van der Waals surface area (Å²) in [6.07, 6.45) is 0.664. The highest BCUT2D eigenvalue weighted by molar-refractivity contribution is 8.00. The third-order valence-corrected chi connectivity index (χ3v) is 10.0. The number of Topliss-reactive ketones (excluding diaryl/α,β-unsaturated/α-hetero) is 1. The first-order valence-electron chi connectivity index (χ1n) is 14.9. The fraction of sp³-hybridized carbons (Fsp3) is 0.167. The van der Waals surface area contributed by atoms with Crippen molar-refractivity contribution in [3.63, 3.8) is 0 Å². The molecule has 7 rings (SSSR count). The first kappa shape index (κ1) is 30.6. The van der Waals surface area contributed by atoms with E-state index in [9.17, 15) is 19.1 Å². The molecule has 5 aromatic rings. The maximum atomic E-state index is 13.8. The highest BCUT2D eigenvalue weighted by Gasteiger charge is 2.48. The number of halogens is 1. The second-order valence-corrected chi connectivity index (χ2v) is 13.4. The van der Waals surface area contributed by atoms with Crippen LogP contribution >= 0.6 is 23.1 Å². The Kier molecular flexibility index (Phi) is 8.48. The monoisotopic (exact) mass is 665 g/mol. The Morgan fingerprint density at radius 1 is 1.00 bits per heavy atom. The van der Waals surface area contributed by atoms with Gasteiger partial charge in [-0.25, -0.2) is 4.39 Å². The van der Waals surface area contributed by atoms with E-state index >= 15 is 0 Å². The smallest absolute Gasteiger partial charge is 0.301 e. The highest BCUT2D eigenvalue weighted by atomic mass is 32.2. The number of thioether (sulfide) groups is 1. The summed E-state index contributed by atoms with van der Waals surface area (Å²) in [6, 6.07) is 27.3. The number of carbonyl (C=O) groups excluding carboxylic acids is 2. The summed E-state index contributed by atoms with van der Waals surface area (Å²) in [4.78, 5) is 28.8. The number of anilines is 1. The molecule has 0 spiro atoms. The lowest BCUT2D eigenvalue weighted by atomic mass is 9.94. The van der Waals surface area contributed by atoms with E-state index < -0.39 is 17.7 Å². The van der Waals surface area contributed by atoms with E-state index in [1.165, 1.54) is 28.8 Å². The van der Waals surface area contributed by atoms with Crippen LogP contribution in [-0.4, -0.2) is 33.1 Å². The summed E-state index contributed by atoms with van der Waals surface area (Å²) in [6.45, 7) is 2.29. The van der Waals surface area contributed by atoms with Crippen molar-refractivity contribution in [2.45, 2.75) is 42.2 Å². The van der Waals surface area contributed by atoms with E-state index in [1.807, 2.05) is 37.3 Å². The molecule has 0 bridgehead atoms. The second kappa shape index (κ2) is 13.0. The molecule has 1 N–H and O–H groups in total. The van der Waals surface area contributed by atoms with Crippen LogP contribution in [0.1, 0.15) is 40.8 Å². The van der Waals surface area contributed by atoms with Crippen LogP contribution in [0, 0.1) is 5.82 Å². The molecular formula is C36H28FN3O5S2. The SMILES string of the molecule is CC1Cc2cc(/C(O)=C3/C(=O)C(=O)N(c4nnc(SCc5ccc(F)cc5)s4)C3c3cccc(OCc4ccccc4)c3)ccc2O1. The number of aliphatic hydroxyl groups excluding tert-OH is 1. The number of benzene rings is 4. The van der Waals surface area contributed by atoms with E-state index in [0.717, 1.165) is 33.8 Å². The Bertz CT molecular complexity index is 2000. The molecule has 3 heterocycles. The van der Waals surface area contributed by atoms with Crippen molar-refractivity contribution in [1.29, 1.82) is 0 Å². The number of rotatable bonds is 9. The molecule has 1 fully saturated rings. The third kappa shape index (κ3) is 6.36. The molecule has 0 aliphatic carbocycles. The maximum Gasteiger partial charge on any atom is 0.301 e. The molecule has 47 heavy (non-hydrogen) atoms. The van der Waals surface area contributed by atoms with E-state index in [2.05, 4.69) is 10.2 Å². The van der Waals surface area contributed by atoms with E-state index in [1.54, 1.807) is 54.6 Å². The third-order valence-electron chi connectivity index (χ3n) is 7.91. The number of hydrogen-bond acceptors (Lipinski definition) is 9. The Morgan fingerprint density at radius 2 is 1.81 bits per heavy atom. The lowest BCUT2D eigenvalue weighted by molar-refractivity contribution is -0.132. The lowest BCUT2D eigenvalue weighted by Crippen LogP contribution is -2.29. The average Bonchev–Trinajstić information content (AvgIpc) is 3.78. The number of ketones is 1. The minimum atomic E-state index is -0.999. The van der Waals surface area contributed by atoms with Crippen molar-refractivity contribution in [3.8, 4) is 11.5 Å². The van der Waals surface area contributed by atoms with Gasteiger partial charge in [-0.1, -0.05) is 77.7 Å². The Labute approximate surface area is 278 Å². The first-order valence-corrected chi connectivity index (χ1v) is 16.7. The molecule has 1 aromatic heterocycles. The predicted octanol–water partition coefficient (Wildman–Crippen LogP) is 7.50. The number of ether oxygens (including phenoxy) is 2. The van der Waals surface area contributed by atoms with E-state index in [-0.39, 0.29) is 28.4 Å². The fourth-order valence-electron chi connectivity index (χ4n) is 5.67. The molecule has 2 unspecified atom stereocenters. The summed E-state index contributed by atoms with van der Waals surface area (Å²) in [5, 5.41) is 20.5. The molecule has 2 aliphatic rings. The maximum absolute atomic E-state index is 13.8. The summed E-state index contributed by atoms with van der Waals surface area (Å²) >= 11 is 2.55. The summed E-state index contributed by atoms with van der Waals surface area (Å²) in [5.74, 6) is -0.477. The van der Waals surface area contributed by atoms with Crippen LogP contribution in [0.4, 0.5) is 9.52 Å². The molecule has 11 heteroatoms. The van der Waals surface area contributed by atoms with Gasteiger partial charge in [0, 0.05) is 17.7 Å². The summed E-state index contributed by atoms with van der Waals surface area (Å²) in [7, 11) is 0. The molecule has 2 atom stereocenters. The van der Waals surface area contributed by atoms with Gasteiger partial charge in [-0.2, -0.15) is 0 Å². The van der Waals surface area contributed by atoms with Crippen molar-refractivity contribution in [2.24, 2.45) is 0 Å². The molecule has 8 nitrogen and oxygen atoms in total. The summed E-state index contributed by atoms with van der Waals surface area (Å²) < 4.78 is 25.8. The predicted molar refractivity (Wildman–Crippen MR) is 178 cm³/mol. The standard InChI is InChI=1S/C36H28FN3O5S2/c1-21-16-26-17-25(12-15-29(26)45-21)32(41)30-31(24-8-5-9-28(18-24)44-19-22-6-3-2-4-7-22)40(34(43)33(30)42)35-38-39-36(47-35)46-20-23-10-13-27(37)14-11-23/h2-15,17-18,21,31,41H,16,19-20H2,1H3/b32-30-. The normalized spacial score (nSPS) is 18.3. The van der Waals surface area contributed by atoms with Gasteiger partial charge in [-0.3, -0.25) is 14.5 Å². The van der Waals surface area contributed by atoms with Crippen molar-refractivity contribution in [2.75, 3.05) is 4.90 Å². The number of hydrogen-bond donors (Lipinski definition) is 1. The van der Waals surface area contributed by atoms with Gasteiger partial charge in [-0.05, 0) is 71.6 Å². The molecule has 2 aliphatic heterocycles. The molecule has 0 saturated carbocycles. The molecule has 1 amide bonds. The van der Waals surface area contributed by atoms with Crippen molar-refractivity contribution in [1.82, 2.24) is 10.2 Å². The van der Waals surface area contributed by atoms with Crippen LogP contribution in [-0.2, 0) is 28.4 Å². The lowest BCUT2D eigenvalue weighted by Gasteiger charge is -2.23. The summed E-state index contributed by atoms with van der Waals surface area (Å²) in [5.41, 5.74) is 3.71. The zero-order valence-electron chi connectivity index (χ0n) is 25.1. The zero-order chi connectivity index (χ0) is 32.5. The van der Waals surface area contributed by atoms with Crippen LogP contribution in [0.5, 0.6) is 11.5 Å². The number of aliphatic hydroxyl groups is 1. The van der Waals surface area contributed by atoms with E-state index in [0.29, 0.717) is 40.0 Å². The van der Waals surface area contributed by atoms with Gasteiger partial charge in [0.05, 0.1) is 11.6 Å². The number of amides is 1. The minimum absolute atomic E-state index is 0.000807. The molecular weight excluding hydrogens is 638 g/mol. The van der Waals surface area contributed by atoms with Gasteiger partial charge in [-0.15, -0.1) is 10.2 Å².